The number of ketones is 2. The van der Waals surface area contributed by atoms with E-state index in [1.165, 1.54) is 19.6 Å². The highest BCUT2D eigenvalue weighted by atomic mass is 16.6. The maximum atomic E-state index is 14.0. The summed E-state index contributed by atoms with van der Waals surface area (Å²) in [4.78, 5) is 76.2. The van der Waals surface area contributed by atoms with Crippen molar-refractivity contribution in [3.63, 3.8) is 0 Å². The van der Waals surface area contributed by atoms with Crippen molar-refractivity contribution in [2.24, 2.45) is 28.6 Å². The van der Waals surface area contributed by atoms with E-state index in [-0.39, 0.29) is 30.0 Å². The van der Waals surface area contributed by atoms with E-state index in [1.807, 2.05) is 6.08 Å². The number of Topliss-reactive ketones (excluding diaryl/α,β-unsaturated/α-hetero) is 1. The van der Waals surface area contributed by atoms with Crippen molar-refractivity contribution in [3.05, 3.63) is 47.5 Å². The summed E-state index contributed by atoms with van der Waals surface area (Å²) in [5, 5.41) is 2.59. The first-order valence-electron chi connectivity index (χ1n) is 16.4. The fourth-order valence-corrected chi connectivity index (χ4v) is 9.31. The second-order valence-corrected chi connectivity index (χ2v) is 13.9. The SMILES string of the molecule is COC(=O)[C@H](NC(=O)CCC(=O)OCC(=O)[C@@]1(OC(C)=O)CC[C@@H]2[C@@H]3CCC4=CC(=O)CC[C@]4(C)[C@H]3CC[C@@]21C)c1ccccc1. The van der Waals surface area contributed by atoms with E-state index >= 15 is 0 Å². The summed E-state index contributed by atoms with van der Waals surface area (Å²) in [7, 11) is 1.22. The molecule has 0 aromatic heterocycles. The van der Waals surface area contributed by atoms with Gasteiger partial charge < -0.3 is 19.5 Å². The summed E-state index contributed by atoms with van der Waals surface area (Å²) >= 11 is 0. The maximum absolute atomic E-state index is 14.0. The normalized spacial score (nSPS) is 32.0. The molecule has 1 aromatic carbocycles. The number of carbonyl (C=O) groups is 6. The topological polar surface area (TPSA) is 142 Å². The van der Waals surface area contributed by atoms with E-state index in [4.69, 9.17) is 14.2 Å². The molecule has 0 aliphatic heterocycles. The zero-order valence-corrected chi connectivity index (χ0v) is 27.2. The Kier molecular flexibility index (Phi) is 9.57. The highest BCUT2D eigenvalue weighted by molar-refractivity contribution is 5.94. The lowest BCUT2D eigenvalue weighted by Gasteiger charge is -2.59. The van der Waals surface area contributed by atoms with Crippen LogP contribution >= 0.6 is 0 Å². The molecule has 0 bridgehead atoms. The van der Waals surface area contributed by atoms with Crippen LogP contribution in [0.3, 0.4) is 0 Å². The number of rotatable bonds is 10. The van der Waals surface area contributed by atoms with E-state index in [9.17, 15) is 28.8 Å². The molecule has 10 nitrogen and oxygen atoms in total. The number of hydrogen-bond donors (Lipinski definition) is 1. The fourth-order valence-electron chi connectivity index (χ4n) is 9.31. The Balaban J connectivity index is 1.23. The zero-order chi connectivity index (χ0) is 33.3. The molecule has 0 spiro atoms. The van der Waals surface area contributed by atoms with E-state index in [0.717, 1.165) is 32.1 Å². The monoisotopic (exact) mass is 635 g/mol. The zero-order valence-electron chi connectivity index (χ0n) is 27.2. The van der Waals surface area contributed by atoms with Crippen molar-refractivity contribution in [1.82, 2.24) is 5.32 Å². The molecule has 0 saturated heterocycles. The summed E-state index contributed by atoms with van der Waals surface area (Å²) in [5.74, 6) is -1.84. The van der Waals surface area contributed by atoms with Crippen LogP contribution < -0.4 is 5.32 Å². The third-order valence-corrected chi connectivity index (χ3v) is 11.6. The molecule has 0 unspecified atom stereocenters. The Bertz CT molecular complexity index is 1440. The summed E-state index contributed by atoms with van der Waals surface area (Å²) in [6.45, 7) is 5.08. The van der Waals surface area contributed by atoms with Crippen molar-refractivity contribution >= 4 is 35.4 Å². The predicted octanol–water partition coefficient (Wildman–Crippen LogP) is 4.74. The molecular formula is C36H45NO9. The highest BCUT2D eigenvalue weighted by Gasteiger charge is 2.68. The van der Waals surface area contributed by atoms with Gasteiger partial charge in [0, 0.05) is 25.2 Å². The van der Waals surface area contributed by atoms with Crippen LogP contribution in [0, 0.1) is 28.6 Å². The number of methoxy groups -OCH3 is 1. The molecule has 1 amide bonds. The van der Waals surface area contributed by atoms with Gasteiger partial charge in [-0.3, -0.25) is 24.0 Å². The van der Waals surface area contributed by atoms with Crippen molar-refractivity contribution in [2.75, 3.05) is 13.7 Å². The van der Waals surface area contributed by atoms with Gasteiger partial charge in [-0.15, -0.1) is 0 Å². The van der Waals surface area contributed by atoms with Gasteiger partial charge in [-0.25, -0.2) is 4.79 Å². The van der Waals surface area contributed by atoms with Crippen LogP contribution in [0.25, 0.3) is 0 Å². The molecule has 46 heavy (non-hydrogen) atoms. The smallest absolute Gasteiger partial charge is 0.333 e. The van der Waals surface area contributed by atoms with Gasteiger partial charge in [0.05, 0.1) is 13.5 Å². The number of fused-ring (bicyclic) bond motifs is 5. The maximum Gasteiger partial charge on any atom is 0.333 e. The Morgan fingerprint density at radius 3 is 2.35 bits per heavy atom. The molecule has 1 aromatic rings. The van der Waals surface area contributed by atoms with E-state index in [2.05, 4.69) is 19.2 Å². The van der Waals surface area contributed by atoms with Gasteiger partial charge in [-0.2, -0.15) is 0 Å². The number of allylic oxidation sites excluding steroid dienone is 1. The van der Waals surface area contributed by atoms with E-state index < -0.39 is 53.3 Å². The van der Waals surface area contributed by atoms with Crippen LogP contribution in [-0.4, -0.2) is 54.7 Å². The third-order valence-electron chi connectivity index (χ3n) is 11.6. The summed E-state index contributed by atoms with van der Waals surface area (Å²) < 4.78 is 16.2. The first-order chi connectivity index (χ1) is 21.8. The van der Waals surface area contributed by atoms with Gasteiger partial charge in [-0.1, -0.05) is 49.8 Å². The summed E-state index contributed by atoms with van der Waals surface area (Å²) in [6.07, 6.45) is 7.15. The second-order valence-electron chi connectivity index (χ2n) is 13.9. The largest absolute Gasteiger partial charge is 0.467 e. The van der Waals surface area contributed by atoms with Gasteiger partial charge in [-0.05, 0) is 79.8 Å². The fraction of sp³-hybridized carbons (Fsp3) is 0.611. The van der Waals surface area contributed by atoms with Crippen LogP contribution in [0.1, 0.15) is 96.6 Å². The summed E-state index contributed by atoms with van der Waals surface area (Å²) in [5.41, 5.74) is -0.262. The molecule has 5 rings (SSSR count). The minimum absolute atomic E-state index is 0.0331. The number of amides is 1. The second kappa shape index (κ2) is 13.1. The Labute approximate surface area is 270 Å². The Hall–Kier alpha value is -3.82. The van der Waals surface area contributed by atoms with Gasteiger partial charge in [0.2, 0.25) is 11.7 Å². The summed E-state index contributed by atoms with van der Waals surface area (Å²) in [6, 6.07) is 7.58. The molecule has 0 radical (unpaired) electrons. The minimum atomic E-state index is -1.41. The number of nitrogens with one attached hydrogen (secondary N) is 1. The average Bonchev–Trinajstić information content (AvgIpc) is 3.34. The molecule has 4 aliphatic carbocycles. The van der Waals surface area contributed by atoms with Crippen molar-refractivity contribution < 1.29 is 43.0 Å². The number of esters is 3. The van der Waals surface area contributed by atoms with E-state index in [0.29, 0.717) is 36.7 Å². The molecule has 248 valence electrons. The van der Waals surface area contributed by atoms with Crippen molar-refractivity contribution in [1.29, 1.82) is 0 Å². The Morgan fingerprint density at radius 1 is 0.935 bits per heavy atom. The van der Waals surface area contributed by atoms with Crippen LogP contribution in [0.15, 0.2) is 42.0 Å². The number of ether oxygens (including phenoxy) is 3. The lowest BCUT2D eigenvalue weighted by molar-refractivity contribution is -0.191. The van der Waals surface area contributed by atoms with Gasteiger partial charge >= 0.3 is 17.9 Å². The van der Waals surface area contributed by atoms with Crippen LogP contribution in [0.5, 0.6) is 0 Å². The number of carbonyl (C=O) groups excluding carboxylic acids is 6. The highest BCUT2D eigenvalue weighted by Crippen LogP contribution is 2.68. The lowest BCUT2D eigenvalue weighted by Crippen LogP contribution is -2.59. The molecule has 0 heterocycles. The van der Waals surface area contributed by atoms with Crippen molar-refractivity contribution in [3.8, 4) is 0 Å². The first kappa shape index (κ1) is 33.5. The molecular weight excluding hydrogens is 590 g/mol. The molecule has 3 saturated carbocycles. The lowest BCUT2D eigenvalue weighted by atomic mass is 9.46. The van der Waals surface area contributed by atoms with E-state index in [1.54, 1.807) is 30.3 Å². The van der Waals surface area contributed by atoms with Gasteiger partial charge in [0.15, 0.2) is 24.0 Å². The number of benzene rings is 1. The quantitative estimate of drug-likeness (QED) is 0.285. The van der Waals surface area contributed by atoms with Crippen molar-refractivity contribution in [2.45, 2.75) is 96.6 Å². The molecule has 10 heteroatoms. The third kappa shape index (κ3) is 6.02. The molecule has 7 atom stereocenters. The molecule has 3 fully saturated rings. The standard InChI is InChI=1S/C36H45NO9/c1-22(38)46-36(19-16-28-26-11-10-24-20-25(39)14-17-34(24,2)27(26)15-18-35(28,36)3)29(40)21-45-31(42)13-12-30(41)37-32(33(43)44-4)23-8-6-5-7-9-23/h5-9,20,26-28,32H,10-19,21H2,1-4H3,(H,37,41)/t26-,27+,28-,32-,34+,35+,36+/m1/s1. The van der Waals surface area contributed by atoms with Gasteiger partial charge in [0.25, 0.3) is 0 Å². The average molecular weight is 636 g/mol. The Morgan fingerprint density at radius 2 is 1.65 bits per heavy atom. The predicted molar refractivity (Wildman–Crippen MR) is 166 cm³/mol. The molecule has 4 aliphatic rings. The number of hydrogen-bond acceptors (Lipinski definition) is 9. The van der Waals surface area contributed by atoms with Crippen LogP contribution in [-0.2, 0) is 43.0 Å². The van der Waals surface area contributed by atoms with Crippen LogP contribution in [0.2, 0.25) is 0 Å². The van der Waals surface area contributed by atoms with Gasteiger partial charge in [0.1, 0.15) is 0 Å². The molecule has 1 N–H and O–H groups in total. The minimum Gasteiger partial charge on any atom is -0.467 e. The first-order valence-corrected chi connectivity index (χ1v) is 16.4. The van der Waals surface area contributed by atoms with Crippen LogP contribution in [0.4, 0.5) is 0 Å².